The van der Waals surface area contributed by atoms with Crippen molar-refractivity contribution in [1.29, 1.82) is 0 Å². The van der Waals surface area contributed by atoms with Crippen LogP contribution in [0.5, 0.6) is 0 Å². The van der Waals surface area contributed by atoms with E-state index >= 15 is 0 Å². The molecule has 0 bridgehead atoms. The van der Waals surface area contributed by atoms with Gasteiger partial charge in [0.25, 0.3) is 0 Å². The summed E-state index contributed by atoms with van der Waals surface area (Å²) in [5.74, 6) is 0.186. The van der Waals surface area contributed by atoms with E-state index in [2.05, 4.69) is 0 Å². The summed E-state index contributed by atoms with van der Waals surface area (Å²) in [6.07, 6.45) is 1.24. The minimum Gasteiger partial charge on any atom is -0.388 e. The Bertz CT molecular complexity index is 287. The molecule has 1 amide bonds. The van der Waals surface area contributed by atoms with Crippen molar-refractivity contribution in [3.8, 4) is 0 Å². The molecule has 1 heterocycles. The molecular weight excluding hydrogens is 220 g/mol. The second-order valence-electron chi connectivity index (χ2n) is 5.44. The molecule has 1 aliphatic heterocycles. The molecule has 2 aliphatic rings. The Morgan fingerprint density at radius 1 is 1.24 bits per heavy atom. The van der Waals surface area contributed by atoms with E-state index < -0.39 is 12.2 Å². The van der Waals surface area contributed by atoms with Crippen molar-refractivity contribution < 1.29 is 15.0 Å². The van der Waals surface area contributed by atoms with Crippen molar-refractivity contribution in [2.24, 2.45) is 17.6 Å². The van der Waals surface area contributed by atoms with Crippen molar-refractivity contribution in [3.05, 3.63) is 0 Å². The lowest BCUT2D eigenvalue weighted by Crippen LogP contribution is -2.45. The number of hydrogen-bond acceptors (Lipinski definition) is 4. The first-order valence-corrected chi connectivity index (χ1v) is 6.41. The summed E-state index contributed by atoms with van der Waals surface area (Å²) >= 11 is 0. The molecule has 0 radical (unpaired) electrons. The Labute approximate surface area is 102 Å². The van der Waals surface area contributed by atoms with Crippen LogP contribution in [0.4, 0.5) is 0 Å². The van der Waals surface area contributed by atoms with E-state index in [0.717, 1.165) is 19.3 Å². The van der Waals surface area contributed by atoms with E-state index in [-0.39, 0.29) is 36.9 Å². The first-order chi connectivity index (χ1) is 8.00. The molecule has 0 aromatic carbocycles. The largest absolute Gasteiger partial charge is 0.388 e. The number of carbonyl (C=O) groups excluding carboxylic acids is 1. The first kappa shape index (κ1) is 12.8. The van der Waals surface area contributed by atoms with E-state index in [4.69, 9.17) is 5.73 Å². The maximum absolute atomic E-state index is 12.3. The van der Waals surface area contributed by atoms with Crippen LogP contribution in [-0.2, 0) is 4.79 Å². The fourth-order valence-electron chi connectivity index (χ4n) is 2.93. The highest BCUT2D eigenvalue weighted by Gasteiger charge is 2.39. The van der Waals surface area contributed by atoms with Crippen LogP contribution in [-0.4, -0.2) is 52.4 Å². The van der Waals surface area contributed by atoms with E-state index in [9.17, 15) is 15.0 Å². The molecule has 5 unspecified atom stereocenters. The smallest absolute Gasteiger partial charge is 0.226 e. The van der Waals surface area contributed by atoms with Gasteiger partial charge in [0.15, 0.2) is 0 Å². The van der Waals surface area contributed by atoms with Crippen LogP contribution in [0.25, 0.3) is 0 Å². The van der Waals surface area contributed by atoms with Crippen LogP contribution < -0.4 is 5.73 Å². The molecule has 0 spiro atoms. The molecule has 17 heavy (non-hydrogen) atoms. The van der Waals surface area contributed by atoms with Gasteiger partial charge in [-0.2, -0.15) is 0 Å². The molecule has 0 aromatic heterocycles. The minimum absolute atomic E-state index is 0.0447. The van der Waals surface area contributed by atoms with Crippen LogP contribution in [0, 0.1) is 11.8 Å². The highest BCUT2D eigenvalue weighted by molar-refractivity contribution is 5.79. The number of nitrogens with zero attached hydrogens (tertiary/aromatic N) is 1. The number of carbonyl (C=O) groups is 1. The van der Waals surface area contributed by atoms with Crippen molar-refractivity contribution in [1.82, 2.24) is 4.90 Å². The zero-order chi connectivity index (χ0) is 12.6. The molecule has 2 fully saturated rings. The Balaban J connectivity index is 2.00. The maximum Gasteiger partial charge on any atom is 0.226 e. The quantitative estimate of drug-likeness (QED) is 0.568. The summed E-state index contributed by atoms with van der Waals surface area (Å²) in [6.45, 7) is 2.52. The van der Waals surface area contributed by atoms with Crippen molar-refractivity contribution in [2.45, 2.75) is 44.4 Å². The Morgan fingerprint density at radius 2 is 1.82 bits per heavy atom. The van der Waals surface area contributed by atoms with Gasteiger partial charge in [0.2, 0.25) is 5.91 Å². The highest BCUT2D eigenvalue weighted by atomic mass is 16.3. The zero-order valence-corrected chi connectivity index (χ0v) is 10.2. The summed E-state index contributed by atoms with van der Waals surface area (Å²) < 4.78 is 0. The molecular formula is C12H22N2O3. The normalized spacial score (nSPS) is 42.8. The molecule has 1 saturated carbocycles. The van der Waals surface area contributed by atoms with Gasteiger partial charge in [0.1, 0.15) is 0 Å². The predicted octanol–water partition coefficient (Wildman–Crippen LogP) is -0.686. The molecule has 4 N–H and O–H groups in total. The molecule has 5 nitrogen and oxygen atoms in total. The first-order valence-electron chi connectivity index (χ1n) is 6.41. The van der Waals surface area contributed by atoms with E-state index in [1.807, 2.05) is 6.92 Å². The minimum atomic E-state index is -0.800. The molecule has 0 aromatic rings. The van der Waals surface area contributed by atoms with Gasteiger partial charge < -0.3 is 20.8 Å². The summed E-state index contributed by atoms with van der Waals surface area (Å²) in [4.78, 5) is 13.9. The summed E-state index contributed by atoms with van der Waals surface area (Å²) in [7, 11) is 0. The third kappa shape index (κ3) is 2.46. The maximum atomic E-state index is 12.3. The monoisotopic (exact) mass is 242 g/mol. The zero-order valence-electron chi connectivity index (χ0n) is 10.2. The second kappa shape index (κ2) is 4.92. The van der Waals surface area contributed by atoms with E-state index in [0.29, 0.717) is 0 Å². The lowest BCUT2D eigenvalue weighted by atomic mass is 9.76. The third-order valence-electron chi connectivity index (χ3n) is 4.25. The van der Waals surface area contributed by atoms with Crippen LogP contribution in [0.1, 0.15) is 26.2 Å². The number of amides is 1. The molecule has 2 rings (SSSR count). The predicted molar refractivity (Wildman–Crippen MR) is 63.1 cm³/mol. The number of aliphatic hydroxyl groups excluding tert-OH is 2. The van der Waals surface area contributed by atoms with Gasteiger partial charge in [-0.15, -0.1) is 0 Å². The van der Waals surface area contributed by atoms with Crippen LogP contribution in [0.15, 0.2) is 0 Å². The van der Waals surface area contributed by atoms with E-state index in [1.165, 1.54) is 0 Å². The van der Waals surface area contributed by atoms with Gasteiger partial charge in [0.05, 0.1) is 12.2 Å². The van der Waals surface area contributed by atoms with Crippen molar-refractivity contribution in [3.63, 3.8) is 0 Å². The summed E-state index contributed by atoms with van der Waals surface area (Å²) in [5.41, 5.74) is 5.99. The van der Waals surface area contributed by atoms with Gasteiger partial charge in [-0.1, -0.05) is 13.3 Å². The third-order valence-corrected chi connectivity index (χ3v) is 4.25. The van der Waals surface area contributed by atoms with Crippen LogP contribution >= 0.6 is 0 Å². The lowest BCUT2D eigenvalue weighted by molar-refractivity contribution is -0.138. The standard InChI is InChI=1S/C12H22N2O3/c1-7-8(3-2-4-9(7)13)12(17)14-5-10(15)11(16)6-14/h7-11,15-16H,2-6,13H2,1H3. The summed E-state index contributed by atoms with van der Waals surface area (Å²) in [5, 5.41) is 18.9. The van der Waals surface area contributed by atoms with Crippen molar-refractivity contribution in [2.75, 3.05) is 13.1 Å². The fourth-order valence-corrected chi connectivity index (χ4v) is 2.93. The Kier molecular flexibility index (Phi) is 3.70. The fraction of sp³-hybridized carbons (Fsp3) is 0.917. The topological polar surface area (TPSA) is 86.8 Å². The average molecular weight is 242 g/mol. The number of rotatable bonds is 1. The number of nitrogens with two attached hydrogens (primary N) is 1. The lowest BCUT2D eigenvalue weighted by Gasteiger charge is -2.35. The number of aliphatic hydroxyl groups is 2. The SMILES string of the molecule is CC1C(N)CCCC1C(=O)N1CC(O)C(O)C1. The Morgan fingerprint density at radius 3 is 2.41 bits per heavy atom. The summed E-state index contributed by atoms with van der Waals surface area (Å²) in [6, 6.07) is 0.0927. The average Bonchev–Trinajstić information content (AvgIpc) is 2.62. The molecule has 5 heteroatoms. The Hall–Kier alpha value is -0.650. The van der Waals surface area contributed by atoms with Gasteiger partial charge in [-0.05, 0) is 18.8 Å². The number of β-amino-alcohol motifs (C(OH)–C–C–N with tert-alkyl or cyclic N) is 2. The van der Waals surface area contributed by atoms with Gasteiger partial charge >= 0.3 is 0 Å². The van der Waals surface area contributed by atoms with E-state index in [1.54, 1.807) is 4.90 Å². The van der Waals surface area contributed by atoms with Crippen LogP contribution in [0.3, 0.4) is 0 Å². The van der Waals surface area contributed by atoms with Gasteiger partial charge in [-0.25, -0.2) is 0 Å². The van der Waals surface area contributed by atoms with Gasteiger partial charge in [-0.3, -0.25) is 4.79 Å². The molecule has 5 atom stereocenters. The number of likely N-dealkylation sites (tertiary alicyclic amines) is 1. The molecule has 98 valence electrons. The van der Waals surface area contributed by atoms with Gasteiger partial charge in [0, 0.05) is 25.0 Å². The highest BCUT2D eigenvalue weighted by Crippen LogP contribution is 2.31. The van der Waals surface area contributed by atoms with Crippen LogP contribution in [0.2, 0.25) is 0 Å². The second-order valence-corrected chi connectivity index (χ2v) is 5.44. The number of hydrogen-bond donors (Lipinski definition) is 3. The molecule has 1 aliphatic carbocycles. The molecule has 1 saturated heterocycles. The van der Waals surface area contributed by atoms with Crippen molar-refractivity contribution >= 4 is 5.91 Å².